The summed E-state index contributed by atoms with van der Waals surface area (Å²) >= 11 is 0. The predicted octanol–water partition coefficient (Wildman–Crippen LogP) is 2.73. The molecular weight excluding hydrogens is 198 g/mol. The van der Waals surface area contributed by atoms with E-state index in [2.05, 4.69) is 31.0 Å². The highest BCUT2D eigenvalue weighted by atomic mass is 16.1. The van der Waals surface area contributed by atoms with Crippen LogP contribution in [0.5, 0.6) is 0 Å². The van der Waals surface area contributed by atoms with Crippen molar-refractivity contribution in [3.8, 4) is 11.8 Å². The number of hydrogen-bond acceptors (Lipinski definition) is 1. The van der Waals surface area contributed by atoms with E-state index in [0.29, 0.717) is 6.54 Å². The van der Waals surface area contributed by atoms with E-state index >= 15 is 0 Å². The zero-order chi connectivity index (χ0) is 12.0. The number of carbonyl (C=O) groups excluding carboxylic acids is 1. The quantitative estimate of drug-likeness (QED) is 0.576. The van der Waals surface area contributed by atoms with Crippen molar-refractivity contribution in [2.24, 2.45) is 11.3 Å². The largest absolute Gasteiger partial charge is 0.355 e. The first-order valence-electron chi connectivity index (χ1n) is 6.25. The molecule has 0 saturated heterocycles. The molecule has 1 aliphatic rings. The summed E-state index contributed by atoms with van der Waals surface area (Å²) in [4.78, 5) is 12.0. The predicted molar refractivity (Wildman–Crippen MR) is 66.8 cm³/mol. The summed E-state index contributed by atoms with van der Waals surface area (Å²) in [5.74, 6) is 6.21. The average Bonchev–Trinajstić information content (AvgIpc) is 2.23. The molecule has 90 valence electrons. The number of amides is 1. The van der Waals surface area contributed by atoms with Crippen molar-refractivity contribution in [2.75, 3.05) is 6.54 Å². The maximum absolute atomic E-state index is 12.0. The summed E-state index contributed by atoms with van der Waals surface area (Å²) in [6.45, 7) is 6.93. The molecule has 1 N–H and O–H groups in total. The van der Waals surface area contributed by atoms with Crippen LogP contribution in [0, 0.1) is 23.2 Å². The molecule has 1 fully saturated rings. The second kappa shape index (κ2) is 5.94. The van der Waals surface area contributed by atoms with Gasteiger partial charge in [0.1, 0.15) is 0 Å². The molecule has 0 aromatic carbocycles. The van der Waals surface area contributed by atoms with Gasteiger partial charge in [-0.3, -0.25) is 4.79 Å². The van der Waals surface area contributed by atoms with Gasteiger partial charge in [-0.1, -0.05) is 26.7 Å². The lowest BCUT2D eigenvalue weighted by molar-refractivity contribution is -0.130. The van der Waals surface area contributed by atoms with Crippen molar-refractivity contribution in [3.63, 3.8) is 0 Å². The Balaban J connectivity index is 2.41. The molecule has 0 aliphatic heterocycles. The van der Waals surface area contributed by atoms with E-state index in [4.69, 9.17) is 0 Å². The van der Waals surface area contributed by atoms with E-state index in [9.17, 15) is 4.79 Å². The normalized spacial score (nSPS) is 23.1. The topological polar surface area (TPSA) is 29.1 Å². The van der Waals surface area contributed by atoms with Crippen LogP contribution in [0.4, 0.5) is 0 Å². The Hall–Kier alpha value is -0.970. The Morgan fingerprint density at radius 1 is 1.44 bits per heavy atom. The van der Waals surface area contributed by atoms with Gasteiger partial charge in [-0.25, -0.2) is 0 Å². The molecule has 0 bridgehead atoms. The Morgan fingerprint density at radius 3 is 2.81 bits per heavy atom. The summed E-state index contributed by atoms with van der Waals surface area (Å²) in [5, 5.41) is 3.00. The van der Waals surface area contributed by atoms with E-state index < -0.39 is 0 Å². The van der Waals surface area contributed by atoms with Gasteiger partial charge in [-0.2, -0.15) is 0 Å². The third-order valence-corrected chi connectivity index (χ3v) is 3.55. The summed E-state index contributed by atoms with van der Waals surface area (Å²) in [7, 11) is 0. The fraction of sp³-hybridized carbons (Fsp3) is 0.786. The lowest BCUT2D eigenvalue weighted by Crippen LogP contribution is -2.41. The molecular formula is C14H23NO. The van der Waals surface area contributed by atoms with E-state index in [-0.39, 0.29) is 17.2 Å². The fourth-order valence-corrected chi connectivity index (χ4v) is 2.48. The van der Waals surface area contributed by atoms with E-state index in [1.54, 1.807) is 0 Å². The van der Waals surface area contributed by atoms with Gasteiger partial charge in [0.2, 0.25) is 5.91 Å². The molecule has 1 atom stereocenters. The number of carbonyl (C=O) groups is 1. The lowest BCUT2D eigenvalue weighted by atomic mass is 9.68. The highest BCUT2D eigenvalue weighted by molar-refractivity contribution is 5.79. The van der Waals surface area contributed by atoms with Gasteiger partial charge >= 0.3 is 0 Å². The van der Waals surface area contributed by atoms with Gasteiger partial charge < -0.3 is 5.32 Å². The number of hydrogen-bond donors (Lipinski definition) is 1. The van der Waals surface area contributed by atoms with Crippen LogP contribution in [0.2, 0.25) is 0 Å². The van der Waals surface area contributed by atoms with Gasteiger partial charge in [-0.05, 0) is 25.2 Å². The average molecular weight is 221 g/mol. The first kappa shape index (κ1) is 13.1. The summed E-state index contributed by atoms with van der Waals surface area (Å²) in [5.41, 5.74) is 0.165. The van der Waals surface area contributed by atoms with E-state index in [1.165, 1.54) is 19.3 Å². The van der Waals surface area contributed by atoms with Gasteiger partial charge in [0.05, 0.1) is 0 Å². The van der Waals surface area contributed by atoms with Crippen molar-refractivity contribution in [3.05, 3.63) is 0 Å². The van der Waals surface area contributed by atoms with E-state index in [1.807, 2.05) is 6.92 Å². The van der Waals surface area contributed by atoms with Gasteiger partial charge in [0.15, 0.2) is 0 Å². The lowest BCUT2D eigenvalue weighted by Gasteiger charge is -2.37. The summed E-state index contributed by atoms with van der Waals surface area (Å²) < 4.78 is 0. The molecule has 16 heavy (non-hydrogen) atoms. The van der Waals surface area contributed by atoms with Crippen molar-refractivity contribution in [1.29, 1.82) is 0 Å². The smallest absolute Gasteiger partial charge is 0.223 e. The number of nitrogens with one attached hydrogen (secondary N) is 1. The van der Waals surface area contributed by atoms with E-state index in [0.717, 1.165) is 12.8 Å². The Bertz CT molecular complexity index is 296. The standard InChI is InChI=1S/C14H23NO/c1-4-5-8-11-15-13(16)12-9-6-7-10-14(12,2)3/h12H,6-11H2,1-3H3,(H,15,16). The molecule has 0 aromatic heterocycles. The third kappa shape index (κ3) is 3.56. The van der Waals surface area contributed by atoms with Gasteiger partial charge in [0.25, 0.3) is 0 Å². The molecule has 1 unspecified atom stereocenters. The van der Waals surface area contributed by atoms with Crippen LogP contribution < -0.4 is 5.32 Å². The van der Waals surface area contributed by atoms with Gasteiger partial charge in [-0.15, -0.1) is 11.8 Å². The van der Waals surface area contributed by atoms with Crippen LogP contribution in [0.3, 0.4) is 0 Å². The molecule has 1 rings (SSSR count). The second-order valence-corrected chi connectivity index (χ2v) is 5.25. The highest BCUT2D eigenvalue weighted by Gasteiger charge is 2.36. The zero-order valence-corrected chi connectivity index (χ0v) is 10.7. The van der Waals surface area contributed by atoms with Crippen LogP contribution >= 0.6 is 0 Å². The van der Waals surface area contributed by atoms with Crippen LogP contribution in [-0.2, 0) is 4.79 Å². The van der Waals surface area contributed by atoms with Crippen molar-refractivity contribution in [1.82, 2.24) is 5.32 Å². The molecule has 1 saturated carbocycles. The molecule has 0 spiro atoms. The number of rotatable bonds is 3. The minimum Gasteiger partial charge on any atom is -0.355 e. The Kier molecular flexibility index (Phi) is 4.86. The molecule has 0 heterocycles. The first-order chi connectivity index (χ1) is 7.58. The second-order valence-electron chi connectivity index (χ2n) is 5.25. The van der Waals surface area contributed by atoms with Crippen LogP contribution in [-0.4, -0.2) is 12.5 Å². The molecule has 2 nitrogen and oxygen atoms in total. The van der Waals surface area contributed by atoms with Crippen molar-refractivity contribution < 1.29 is 4.79 Å². The molecule has 1 aliphatic carbocycles. The van der Waals surface area contributed by atoms with Crippen molar-refractivity contribution in [2.45, 2.75) is 52.9 Å². The zero-order valence-electron chi connectivity index (χ0n) is 10.7. The van der Waals surface area contributed by atoms with Crippen LogP contribution in [0.25, 0.3) is 0 Å². The molecule has 0 radical (unpaired) electrons. The molecule has 1 amide bonds. The van der Waals surface area contributed by atoms with Crippen molar-refractivity contribution >= 4 is 5.91 Å². The third-order valence-electron chi connectivity index (χ3n) is 3.55. The Morgan fingerprint density at radius 2 is 2.19 bits per heavy atom. The molecule has 0 aromatic rings. The maximum Gasteiger partial charge on any atom is 0.223 e. The highest BCUT2D eigenvalue weighted by Crippen LogP contribution is 2.40. The first-order valence-corrected chi connectivity index (χ1v) is 6.25. The monoisotopic (exact) mass is 221 g/mol. The van der Waals surface area contributed by atoms with Crippen LogP contribution in [0.1, 0.15) is 52.9 Å². The SMILES string of the molecule is CC#CCCNC(=O)C1CCCCC1(C)C. The van der Waals surface area contributed by atoms with Gasteiger partial charge in [0, 0.05) is 18.9 Å². The van der Waals surface area contributed by atoms with Crippen LogP contribution in [0.15, 0.2) is 0 Å². The summed E-state index contributed by atoms with van der Waals surface area (Å²) in [6, 6.07) is 0. The Labute approximate surface area is 99.2 Å². The minimum absolute atomic E-state index is 0.165. The minimum atomic E-state index is 0.165. The fourth-order valence-electron chi connectivity index (χ4n) is 2.48. The molecule has 2 heteroatoms. The summed E-state index contributed by atoms with van der Waals surface area (Å²) in [6.07, 6.45) is 5.42. The maximum atomic E-state index is 12.0.